The average Bonchev–Trinajstić information content (AvgIpc) is 3.37. The molecule has 75 heavy (non-hydrogen) atoms. The van der Waals surface area contributed by atoms with Crippen LogP contribution in [0.1, 0.15) is 264 Å². The predicted molar refractivity (Wildman–Crippen MR) is 319 cm³/mol. The molecule has 0 aromatic heterocycles. The highest BCUT2D eigenvalue weighted by Gasteiger charge is 2.22. The van der Waals surface area contributed by atoms with Crippen LogP contribution in [0.15, 0.2) is 85.1 Å². The van der Waals surface area contributed by atoms with E-state index in [1.807, 2.05) is 21.1 Å². The Morgan fingerprint density at radius 2 is 0.760 bits per heavy atom. The minimum atomic E-state index is -4.63. The SMILES string of the molecule is CC/C=C\C/C=C\C/C=C\C/C=C\C/C=C\C/C=C\CCCCCCCCCCCCCCCCCCCCCCCCC(=O)OC(COC(=O)CCCCCCC/C=C\CCC)COP(=O)([O-])OCC[N+](C)(C)C. The molecule has 0 amide bonds. The first-order chi connectivity index (χ1) is 36.5. The first-order valence-electron chi connectivity index (χ1n) is 30.8. The van der Waals surface area contributed by atoms with Crippen LogP contribution in [0.25, 0.3) is 0 Å². The Morgan fingerprint density at radius 1 is 0.427 bits per heavy atom. The minimum Gasteiger partial charge on any atom is -0.756 e. The molecular formula is C65H116NO8P. The normalized spacial score (nSPS) is 13.8. The number of phosphoric acid groups is 1. The van der Waals surface area contributed by atoms with Crippen molar-refractivity contribution in [3.8, 4) is 0 Å². The highest BCUT2D eigenvalue weighted by molar-refractivity contribution is 7.45. The summed E-state index contributed by atoms with van der Waals surface area (Å²) >= 11 is 0. The van der Waals surface area contributed by atoms with Crippen molar-refractivity contribution in [2.45, 2.75) is 270 Å². The fraction of sp³-hybridized carbons (Fsp3) is 0.754. The monoisotopic (exact) mass is 1070 g/mol. The van der Waals surface area contributed by atoms with Crippen LogP contribution in [-0.2, 0) is 32.7 Å². The molecule has 0 aromatic rings. The van der Waals surface area contributed by atoms with Gasteiger partial charge in [-0.3, -0.25) is 14.2 Å². The van der Waals surface area contributed by atoms with Crippen LogP contribution in [0.3, 0.4) is 0 Å². The molecule has 0 saturated heterocycles. The lowest BCUT2D eigenvalue weighted by Crippen LogP contribution is -2.37. The Balaban J connectivity index is 3.85. The topological polar surface area (TPSA) is 111 Å². The molecule has 434 valence electrons. The molecule has 2 atom stereocenters. The maximum atomic E-state index is 12.8. The van der Waals surface area contributed by atoms with Gasteiger partial charge in [0.25, 0.3) is 7.82 Å². The number of likely N-dealkylation sites (N-methyl/N-ethyl adjacent to an activating group) is 1. The van der Waals surface area contributed by atoms with Crippen LogP contribution in [0, 0.1) is 0 Å². The largest absolute Gasteiger partial charge is 0.756 e. The first-order valence-corrected chi connectivity index (χ1v) is 32.3. The zero-order chi connectivity index (χ0) is 54.9. The van der Waals surface area contributed by atoms with Crippen molar-refractivity contribution in [1.29, 1.82) is 0 Å². The lowest BCUT2D eigenvalue weighted by atomic mass is 10.0. The number of esters is 2. The number of ether oxygens (including phenoxy) is 2. The summed E-state index contributed by atoms with van der Waals surface area (Å²) in [6, 6.07) is 0. The maximum Gasteiger partial charge on any atom is 0.306 e. The second-order valence-electron chi connectivity index (χ2n) is 21.7. The number of hydrogen-bond acceptors (Lipinski definition) is 8. The van der Waals surface area contributed by atoms with Gasteiger partial charge in [-0.25, -0.2) is 0 Å². The summed E-state index contributed by atoms with van der Waals surface area (Å²) in [5.74, 6) is -0.840. The van der Waals surface area contributed by atoms with Gasteiger partial charge in [0.1, 0.15) is 19.8 Å². The van der Waals surface area contributed by atoms with E-state index in [1.165, 1.54) is 128 Å². The molecule has 0 saturated carbocycles. The number of carbonyl (C=O) groups is 2. The van der Waals surface area contributed by atoms with Crippen molar-refractivity contribution in [3.05, 3.63) is 85.1 Å². The number of allylic oxidation sites excluding steroid dienone is 14. The van der Waals surface area contributed by atoms with Gasteiger partial charge >= 0.3 is 11.9 Å². The Bertz CT molecular complexity index is 1540. The summed E-state index contributed by atoms with van der Waals surface area (Å²) in [7, 11) is 1.16. The third-order valence-corrected chi connectivity index (χ3v) is 14.1. The second-order valence-corrected chi connectivity index (χ2v) is 23.1. The molecule has 9 nitrogen and oxygen atoms in total. The standard InChI is InChI=1S/C65H116NO8P/c1-6-8-10-12-14-16-18-19-20-21-22-23-24-25-26-27-28-29-30-31-32-33-34-35-36-37-38-39-40-41-42-43-44-45-46-47-48-50-52-54-56-58-65(68)74-63(62-73-75(69,70)72-60-59-66(3,4)5)61-71-64(67)57-55-53-51-49-17-15-13-11-9-7-2/h8,10-11,13-14,16,19-20,22-23,25-26,28-29,63H,6-7,9,12,15,17-18,21,24,27,30-62H2,1-5H3/b10-8-,13-11-,16-14-,20-19-,23-22-,26-25-,29-28-. The summed E-state index contributed by atoms with van der Waals surface area (Å²) in [6.07, 6.45) is 75.4. The van der Waals surface area contributed by atoms with E-state index >= 15 is 0 Å². The molecule has 0 spiro atoms. The summed E-state index contributed by atoms with van der Waals surface area (Å²) in [4.78, 5) is 37.7. The van der Waals surface area contributed by atoms with Gasteiger partial charge in [-0.15, -0.1) is 0 Å². The van der Waals surface area contributed by atoms with Gasteiger partial charge in [0, 0.05) is 12.8 Å². The number of unbranched alkanes of at least 4 members (excludes halogenated alkanes) is 28. The number of carbonyl (C=O) groups excluding carboxylic acids is 2. The molecule has 0 fully saturated rings. The van der Waals surface area contributed by atoms with Crippen molar-refractivity contribution in [2.24, 2.45) is 0 Å². The smallest absolute Gasteiger partial charge is 0.306 e. The van der Waals surface area contributed by atoms with E-state index in [9.17, 15) is 19.0 Å². The van der Waals surface area contributed by atoms with E-state index in [2.05, 4.69) is 98.9 Å². The quantitative estimate of drug-likeness (QED) is 0.0195. The fourth-order valence-electron chi connectivity index (χ4n) is 8.43. The van der Waals surface area contributed by atoms with Crippen molar-refractivity contribution in [3.63, 3.8) is 0 Å². The van der Waals surface area contributed by atoms with Crippen molar-refractivity contribution in [1.82, 2.24) is 0 Å². The van der Waals surface area contributed by atoms with Crippen molar-refractivity contribution < 1.29 is 42.1 Å². The molecule has 0 heterocycles. The van der Waals surface area contributed by atoms with Gasteiger partial charge in [0.2, 0.25) is 0 Å². The molecule has 0 bridgehead atoms. The zero-order valence-corrected chi connectivity index (χ0v) is 50.1. The Morgan fingerprint density at radius 3 is 1.15 bits per heavy atom. The number of hydrogen-bond donors (Lipinski definition) is 0. The highest BCUT2D eigenvalue weighted by Crippen LogP contribution is 2.38. The van der Waals surface area contributed by atoms with Crippen LogP contribution in [0.2, 0.25) is 0 Å². The summed E-state index contributed by atoms with van der Waals surface area (Å²) in [6.45, 7) is 4.06. The Hall–Kier alpha value is -2.81. The van der Waals surface area contributed by atoms with Gasteiger partial charge in [0.05, 0.1) is 27.7 Å². The van der Waals surface area contributed by atoms with E-state index in [4.69, 9.17) is 18.5 Å². The zero-order valence-electron chi connectivity index (χ0n) is 49.2. The number of quaternary nitrogens is 1. The second kappa shape index (κ2) is 55.9. The van der Waals surface area contributed by atoms with Crippen LogP contribution >= 0.6 is 7.82 Å². The molecule has 0 aliphatic rings. The predicted octanol–water partition coefficient (Wildman–Crippen LogP) is 18.8. The van der Waals surface area contributed by atoms with Gasteiger partial charge < -0.3 is 27.9 Å². The summed E-state index contributed by atoms with van der Waals surface area (Å²) in [5, 5.41) is 0. The average molecular weight is 1070 g/mol. The lowest BCUT2D eigenvalue weighted by molar-refractivity contribution is -0.870. The lowest BCUT2D eigenvalue weighted by Gasteiger charge is -2.28. The molecule has 0 rings (SSSR count). The molecule has 0 aliphatic heterocycles. The Labute approximate surface area is 462 Å². The van der Waals surface area contributed by atoms with Gasteiger partial charge in [-0.1, -0.05) is 253 Å². The van der Waals surface area contributed by atoms with E-state index in [1.54, 1.807) is 0 Å². The molecule has 0 aromatic carbocycles. The van der Waals surface area contributed by atoms with Gasteiger partial charge in [-0.2, -0.15) is 0 Å². The Kier molecular flexibility index (Phi) is 53.8. The van der Waals surface area contributed by atoms with Crippen LogP contribution < -0.4 is 4.89 Å². The molecule has 10 heteroatoms. The van der Waals surface area contributed by atoms with E-state index in [-0.39, 0.29) is 26.1 Å². The maximum absolute atomic E-state index is 12.8. The van der Waals surface area contributed by atoms with Crippen molar-refractivity contribution in [2.75, 3.05) is 47.5 Å². The molecule has 0 aliphatic carbocycles. The van der Waals surface area contributed by atoms with E-state index in [0.29, 0.717) is 17.4 Å². The third kappa shape index (κ3) is 60.3. The summed E-state index contributed by atoms with van der Waals surface area (Å²) < 4.78 is 34.0. The third-order valence-electron chi connectivity index (χ3n) is 13.1. The van der Waals surface area contributed by atoms with Gasteiger partial charge in [-0.05, 0) is 83.5 Å². The highest BCUT2D eigenvalue weighted by atomic mass is 31.2. The van der Waals surface area contributed by atoms with E-state index in [0.717, 1.165) is 103 Å². The van der Waals surface area contributed by atoms with Crippen LogP contribution in [-0.4, -0.2) is 70.0 Å². The fourth-order valence-corrected chi connectivity index (χ4v) is 9.16. The number of phosphoric ester groups is 1. The first kappa shape index (κ1) is 72.2. The van der Waals surface area contributed by atoms with Crippen LogP contribution in [0.5, 0.6) is 0 Å². The number of nitrogens with zero attached hydrogens (tertiary/aromatic N) is 1. The molecule has 2 unspecified atom stereocenters. The molecule has 0 radical (unpaired) electrons. The number of rotatable bonds is 56. The van der Waals surface area contributed by atoms with Crippen LogP contribution in [0.4, 0.5) is 0 Å². The molecular weight excluding hydrogens is 954 g/mol. The van der Waals surface area contributed by atoms with E-state index < -0.39 is 32.5 Å². The minimum absolute atomic E-state index is 0.0324. The van der Waals surface area contributed by atoms with Gasteiger partial charge in [0.15, 0.2) is 6.10 Å². The van der Waals surface area contributed by atoms with Crippen molar-refractivity contribution >= 4 is 19.8 Å². The summed E-state index contributed by atoms with van der Waals surface area (Å²) in [5.41, 5.74) is 0. The molecule has 0 N–H and O–H groups in total.